The Hall–Kier alpha value is -0.770. The Morgan fingerprint density at radius 2 is 1.92 bits per heavy atom. The van der Waals surface area contributed by atoms with Gasteiger partial charge in [0, 0.05) is 5.38 Å². The van der Waals surface area contributed by atoms with Gasteiger partial charge in [-0.1, -0.05) is 6.92 Å². The number of rotatable bonds is 6. The van der Waals surface area contributed by atoms with Gasteiger partial charge in [0.2, 0.25) is 0 Å². The van der Waals surface area contributed by atoms with E-state index in [1.54, 1.807) is 0 Å². The summed E-state index contributed by atoms with van der Waals surface area (Å²) in [5.74, 6) is -3.08. The zero-order valence-electron chi connectivity index (χ0n) is 7.36. The first-order valence-corrected chi connectivity index (χ1v) is 4.49. The molecule has 0 aliphatic heterocycles. The minimum absolute atomic E-state index is 0.208. The molecular weight excluding hydrogens is 196 g/mol. The van der Waals surface area contributed by atoms with Crippen LogP contribution in [0, 0.1) is 5.92 Å². The van der Waals surface area contributed by atoms with E-state index >= 15 is 0 Å². The van der Waals surface area contributed by atoms with Crippen molar-refractivity contribution < 1.29 is 19.8 Å². The average Bonchev–Trinajstić information content (AvgIpc) is 2.02. The lowest BCUT2D eigenvalue weighted by Gasteiger charge is -2.12. The van der Waals surface area contributed by atoms with Gasteiger partial charge in [0.1, 0.15) is 0 Å². The smallest absolute Gasteiger partial charge is 0.307 e. The molecule has 4 nitrogen and oxygen atoms in total. The highest BCUT2D eigenvalue weighted by Gasteiger charge is 2.23. The van der Waals surface area contributed by atoms with Crippen LogP contribution in [-0.2, 0) is 9.59 Å². The zero-order chi connectivity index (χ0) is 10.4. The van der Waals surface area contributed by atoms with Gasteiger partial charge < -0.3 is 10.2 Å². The van der Waals surface area contributed by atoms with Gasteiger partial charge in [-0.25, -0.2) is 0 Å². The van der Waals surface area contributed by atoms with Crippen molar-refractivity contribution in [2.45, 2.75) is 31.6 Å². The topological polar surface area (TPSA) is 74.6 Å². The lowest BCUT2D eigenvalue weighted by Crippen LogP contribution is -2.21. The fraction of sp³-hybridized carbons (Fsp3) is 0.750. The molecule has 2 atom stereocenters. The van der Waals surface area contributed by atoms with Crippen LogP contribution in [-0.4, -0.2) is 27.5 Å². The molecule has 76 valence electrons. The first kappa shape index (κ1) is 12.2. The summed E-state index contributed by atoms with van der Waals surface area (Å²) in [7, 11) is 0. The summed E-state index contributed by atoms with van der Waals surface area (Å²) < 4.78 is 0. The van der Waals surface area contributed by atoms with Crippen LogP contribution in [0.15, 0.2) is 0 Å². The van der Waals surface area contributed by atoms with Gasteiger partial charge in [-0.3, -0.25) is 9.59 Å². The minimum Gasteiger partial charge on any atom is -0.481 e. The molecule has 0 aromatic heterocycles. The molecule has 0 aliphatic carbocycles. The molecule has 0 rings (SSSR count). The quantitative estimate of drug-likeness (QED) is 0.650. The largest absolute Gasteiger partial charge is 0.481 e. The van der Waals surface area contributed by atoms with E-state index in [2.05, 4.69) is 0 Å². The molecule has 0 amide bonds. The summed E-state index contributed by atoms with van der Waals surface area (Å²) in [6.45, 7) is 1.83. The van der Waals surface area contributed by atoms with E-state index in [-0.39, 0.29) is 18.2 Å². The van der Waals surface area contributed by atoms with Crippen LogP contribution >= 0.6 is 11.6 Å². The van der Waals surface area contributed by atoms with Crippen molar-refractivity contribution in [1.29, 1.82) is 0 Å². The van der Waals surface area contributed by atoms with Crippen molar-refractivity contribution in [3.63, 3.8) is 0 Å². The summed E-state index contributed by atoms with van der Waals surface area (Å²) in [5.41, 5.74) is 0. The maximum Gasteiger partial charge on any atom is 0.307 e. The monoisotopic (exact) mass is 208 g/mol. The Balaban J connectivity index is 4.10. The fourth-order valence-electron chi connectivity index (χ4n) is 0.958. The Bertz CT molecular complexity index is 193. The summed E-state index contributed by atoms with van der Waals surface area (Å²) in [6.07, 6.45) is 0.489. The maximum absolute atomic E-state index is 10.6. The third-order valence-corrected chi connectivity index (χ3v) is 2.24. The first-order valence-electron chi connectivity index (χ1n) is 4.06. The minimum atomic E-state index is -1.10. The highest BCUT2D eigenvalue weighted by molar-refractivity contribution is 6.20. The number of hydrogen-bond donors (Lipinski definition) is 2. The van der Waals surface area contributed by atoms with Crippen molar-refractivity contribution in [3.8, 4) is 0 Å². The van der Waals surface area contributed by atoms with Crippen LogP contribution in [0.5, 0.6) is 0 Å². The SMILES string of the molecule is CCC(Cl)CC(CC(=O)O)C(=O)O. The summed E-state index contributed by atoms with van der Waals surface area (Å²) in [6, 6.07) is 0. The van der Waals surface area contributed by atoms with Crippen LogP contribution in [0.4, 0.5) is 0 Å². The van der Waals surface area contributed by atoms with Crippen molar-refractivity contribution in [1.82, 2.24) is 0 Å². The number of aliphatic carboxylic acids is 2. The van der Waals surface area contributed by atoms with E-state index in [1.165, 1.54) is 0 Å². The van der Waals surface area contributed by atoms with E-state index in [4.69, 9.17) is 21.8 Å². The molecule has 0 radical (unpaired) electrons. The lowest BCUT2D eigenvalue weighted by atomic mass is 9.98. The van der Waals surface area contributed by atoms with Gasteiger partial charge in [-0.2, -0.15) is 0 Å². The van der Waals surface area contributed by atoms with Gasteiger partial charge >= 0.3 is 11.9 Å². The van der Waals surface area contributed by atoms with E-state index in [1.807, 2.05) is 6.92 Å². The molecule has 13 heavy (non-hydrogen) atoms. The second kappa shape index (κ2) is 5.80. The molecule has 0 aromatic carbocycles. The van der Waals surface area contributed by atoms with Crippen LogP contribution in [0.1, 0.15) is 26.2 Å². The van der Waals surface area contributed by atoms with Gasteiger partial charge in [0.25, 0.3) is 0 Å². The molecule has 0 saturated heterocycles. The maximum atomic E-state index is 10.6. The average molecular weight is 209 g/mol. The molecular formula is C8H13ClO4. The molecule has 0 fully saturated rings. The lowest BCUT2D eigenvalue weighted by molar-refractivity contribution is -0.148. The summed E-state index contributed by atoms with van der Waals surface area (Å²) in [4.78, 5) is 20.8. The molecule has 0 heterocycles. The number of carboxylic acids is 2. The van der Waals surface area contributed by atoms with E-state index in [0.29, 0.717) is 6.42 Å². The zero-order valence-corrected chi connectivity index (χ0v) is 8.12. The van der Waals surface area contributed by atoms with E-state index in [0.717, 1.165) is 0 Å². The molecule has 0 aliphatic rings. The van der Waals surface area contributed by atoms with Crippen molar-refractivity contribution >= 4 is 23.5 Å². The molecule has 5 heteroatoms. The predicted molar refractivity (Wildman–Crippen MR) is 47.9 cm³/mol. The number of hydrogen-bond acceptors (Lipinski definition) is 2. The van der Waals surface area contributed by atoms with Crippen LogP contribution in [0.3, 0.4) is 0 Å². The Kier molecular flexibility index (Phi) is 5.46. The highest BCUT2D eigenvalue weighted by atomic mass is 35.5. The van der Waals surface area contributed by atoms with Gasteiger partial charge in [0.05, 0.1) is 12.3 Å². The van der Waals surface area contributed by atoms with E-state index in [9.17, 15) is 9.59 Å². The standard InChI is InChI=1S/C8H13ClO4/c1-2-6(9)3-5(8(12)13)4-7(10)11/h5-6H,2-4H2,1H3,(H,10,11)(H,12,13). The van der Waals surface area contributed by atoms with Crippen molar-refractivity contribution in [2.24, 2.45) is 5.92 Å². The second-order valence-electron chi connectivity index (χ2n) is 2.87. The fourth-order valence-corrected chi connectivity index (χ4v) is 1.17. The van der Waals surface area contributed by atoms with Gasteiger partial charge in [0.15, 0.2) is 0 Å². The Labute approximate surface area is 81.5 Å². The molecule has 0 spiro atoms. The van der Waals surface area contributed by atoms with Gasteiger partial charge in [-0.05, 0) is 12.8 Å². The van der Waals surface area contributed by atoms with Crippen molar-refractivity contribution in [2.75, 3.05) is 0 Å². The van der Waals surface area contributed by atoms with Gasteiger partial charge in [-0.15, -0.1) is 11.6 Å². The molecule has 0 aromatic rings. The number of halogens is 1. The third-order valence-electron chi connectivity index (χ3n) is 1.75. The molecule has 2 unspecified atom stereocenters. The summed E-state index contributed by atoms with van der Waals surface area (Å²) in [5, 5.41) is 16.8. The van der Waals surface area contributed by atoms with Crippen molar-refractivity contribution in [3.05, 3.63) is 0 Å². The molecule has 2 N–H and O–H groups in total. The summed E-state index contributed by atoms with van der Waals surface area (Å²) >= 11 is 5.73. The van der Waals surface area contributed by atoms with E-state index < -0.39 is 17.9 Å². The number of alkyl halides is 1. The number of carbonyl (C=O) groups is 2. The van der Waals surface area contributed by atoms with Crippen LogP contribution in [0.25, 0.3) is 0 Å². The Morgan fingerprint density at radius 3 is 2.23 bits per heavy atom. The normalized spacial score (nSPS) is 14.9. The Morgan fingerprint density at radius 1 is 1.38 bits per heavy atom. The number of carboxylic acid groups (broad SMARTS) is 2. The third kappa shape index (κ3) is 5.47. The second-order valence-corrected chi connectivity index (χ2v) is 3.49. The van der Waals surface area contributed by atoms with Crippen LogP contribution in [0.2, 0.25) is 0 Å². The molecule has 0 saturated carbocycles. The van der Waals surface area contributed by atoms with Crippen LogP contribution < -0.4 is 0 Å². The predicted octanol–water partition coefficient (Wildman–Crippen LogP) is 1.57. The highest BCUT2D eigenvalue weighted by Crippen LogP contribution is 2.17. The first-order chi connectivity index (χ1) is 5.97. The molecule has 0 bridgehead atoms.